The highest BCUT2D eigenvalue weighted by atomic mass is 32.1. The number of thiophene rings is 1. The molecule has 1 rings (SSSR count). The first-order chi connectivity index (χ1) is 8.44. The van der Waals surface area contributed by atoms with Gasteiger partial charge in [0, 0.05) is 31.5 Å². The van der Waals surface area contributed by atoms with Crippen LogP contribution >= 0.6 is 11.3 Å². The molecule has 1 amide bonds. The molecule has 0 saturated carbocycles. The molecular weight excluding hydrogens is 248 g/mol. The Labute approximate surface area is 113 Å². The molecule has 0 radical (unpaired) electrons. The maximum atomic E-state index is 11.0. The molecule has 4 nitrogen and oxygen atoms in total. The summed E-state index contributed by atoms with van der Waals surface area (Å²) < 4.78 is 5.61. The third-order valence-electron chi connectivity index (χ3n) is 2.43. The Bertz CT molecular complexity index is 388. The van der Waals surface area contributed by atoms with Crippen molar-refractivity contribution in [2.24, 2.45) is 0 Å². The molecule has 0 aliphatic rings. The van der Waals surface area contributed by atoms with E-state index in [-0.39, 0.29) is 11.5 Å². The molecule has 0 aliphatic heterocycles. The number of carbonyl (C=O) groups excluding carboxylic acids is 1. The van der Waals surface area contributed by atoms with Crippen LogP contribution in [0.1, 0.15) is 32.6 Å². The van der Waals surface area contributed by atoms with Crippen LogP contribution in [0, 0.1) is 0 Å². The van der Waals surface area contributed by atoms with Crippen molar-refractivity contribution in [1.29, 1.82) is 0 Å². The molecule has 0 fully saturated rings. The van der Waals surface area contributed by atoms with Gasteiger partial charge in [-0.2, -0.15) is 0 Å². The molecule has 2 N–H and O–H groups in total. The van der Waals surface area contributed by atoms with Gasteiger partial charge in [-0.25, -0.2) is 0 Å². The molecule has 102 valence electrons. The Morgan fingerprint density at radius 3 is 2.83 bits per heavy atom. The van der Waals surface area contributed by atoms with Crippen LogP contribution in [0.4, 0.5) is 5.69 Å². The van der Waals surface area contributed by atoms with E-state index in [9.17, 15) is 4.79 Å². The first-order valence-corrected chi connectivity index (χ1v) is 7.01. The van der Waals surface area contributed by atoms with Crippen LogP contribution in [0.15, 0.2) is 11.4 Å². The van der Waals surface area contributed by atoms with Gasteiger partial charge < -0.3 is 15.4 Å². The van der Waals surface area contributed by atoms with E-state index in [2.05, 4.69) is 24.5 Å². The van der Waals surface area contributed by atoms with Crippen molar-refractivity contribution in [2.75, 3.05) is 18.5 Å². The highest BCUT2D eigenvalue weighted by Gasteiger charge is 2.17. The molecule has 1 heterocycles. The molecule has 0 atom stereocenters. The zero-order valence-corrected chi connectivity index (χ0v) is 12.3. The first-order valence-electron chi connectivity index (χ1n) is 6.13. The molecule has 0 unspecified atom stereocenters. The van der Waals surface area contributed by atoms with Crippen molar-refractivity contribution in [2.45, 2.75) is 39.8 Å². The lowest BCUT2D eigenvalue weighted by Gasteiger charge is -2.25. The molecule has 0 aliphatic carbocycles. The summed E-state index contributed by atoms with van der Waals surface area (Å²) in [5.41, 5.74) is 0.731. The number of carbonyl (C=O) groups is 1. The van der Waals surface area contributed by atoms with Crippen LogP contribution in [-0.4, -0.2) is 24.7 Å². The highest BCUT2D eigenvalue weighted by Crippen LogP contribution is 2.22. The van der Waals surface area contributed by atoms with E-state index in [4.69, 9.17) is 4.74 Å². The van der Waals surface area contributed by atoms with Gasteiger partial charge in [0.1, 0.15) is 0 Å². The smallest absolute Gasteiger partial charge is 0.221 e. The van der Waals surface area contributed by atoms with Crippen molar-refractivity contribution < 1.29 is 9.53 Å². The molecular formula is C13H22N2O2S. The summed E-state index contributed by atoms with van der Waals surface area (Å²) in [6.45, 7) is 9.87. The molecule has 0 spiro atoms. The SMILES string of the molecule is CCOC(C)(C)CNCc1sccc1NC(C)=O. The van der Waals surface area contributed by atoms with E-state index in [1.54, 1.807) is 11.3 Å². The van der Waals surface area contributed by atoms with Crippen molar-refractivity contribution in [1.82, 2.24) is 5.32 Å². The van der Waals surface area contributed by atoms with E-state index < -0.39 is 0 Å². The van der Waals surface area contributed by atoms with Crippen LogP contribution in [0.3, 0.4) is 0 Å². The Hall–Kier alpha value is -0.910. The van der Waals surface area contributed by atoms with Crippen molar-refractivity contribution in [3.8, 4) is 0 Å². The Balaban J connectivity index is 2.44. The minimum absolute atomic E-state index is 0.0377. The van der Waals surface area contributed by atoms with E-state index in [1.807, 2.05) is 18.4 Å². The first kappa shape index (κ1) is 15.1. The molecule has 0 aromatic carbocycles. The second-order valence-electron chi connectivity index (χ2n) is 4.73. The fourth-order valence-corrected chi connectivity index (χ4v) is 2.50. The molecule has 1 aromatic heterocycles. The van der Waals surface area contributed by atoms with E-state index >= 15 is 0 Å². The second kappa shape index (κ2) is 6.87. The summed E-state index contributed by atoms with van der Waals surface area (Å²) in [5.74, 6) is -0.0377. The van der Waals surface area contributed by atoms with Gasteiger partial charge in [0.2, 0.25) is 5.91 Å². The third kappa shape index (κ3) is 5.16. The van der Waals surface area contributed by atoms with Crippen LogP contribution in [0.25, 0.3) is 0 Å². The second-order valence-corrected chi connectivity index (χ2v) is 5.74. The monoisotopic (exact) mass is 270 g/mol. The number of nitrogens with one attached hydrogen (secondary N) is 2. The summed E-state index contributed by atoms with van der Waals surface area (Å²) in [4.78, 5) is 12.2. The fourth-order valence-electron chi connectivity index (χ4n) is 1.70. The van der Waals surface area contributed by atoms with E-state index in [0.29, 0.717) is 6.61 Å². The highest BCUT2D eigenvalue weighted by molar-refractivity contribution is 7.10. The number of ether oxygens (including phenoxy) is 1. The van der Waals surface area contributed by atoms with Crippen LogP contribution in [-0.2, 0) is 16.1 Å². The van der Waals surface area contributed by atoms with Crippen LogP contribution in [0.5, 0.6) is 0 Å². The molecule has 1 aromatic rings. The predicted octanol–water partition coefficient (Wildman–Crippen LogP) is 2.61. The lowest BCUT2D eigenvalue weighted by molar-refractivity contribution is -0.114. The Morgan fingerprint density at radius 2 is 2.22 bits per heavy atom. The normalized spacial score (nSPS) is 11.6. The summed E-state index contributed by atoms with van der Waals surface area (Å²) >= 11 is 1.64. The lowest BCUT2D eigenvalue weighted by atomic mass is 10.1. The maximum absolute atomic E-state index is 11.0. The number of hydrogen-bond acceptors (Lipinski definition) is 4. The topological polar surface area (TPSA) is 50.4 Å². The van der Waals surface area contributed by atoms with Gasteiger partial charge in [0.05, 0.1) is 11.3 Å². The summed E-state index contributed by atoms with van der Waals surface area (Å²) in [6.07, 6.45) is 0. The summed E-state index contributed by atoms with van der Waals surface area (Å²) in [7, 11) is 0. The zero-order chi connectivity index (χ0) is 13.6. The predicted molar refractivity (Wildman–Crippen MR) is 76.0 cm³/mol. The van der Waals surface area contributed by atoms with Crippen LogP contribution in [0.2, 0.25) is 0 Å². The zero-order valence-electron chi connectivity index (χ0n) is 11.5. The van der Waals surface area contributed by atoms with E-state index in [1.165, 1.54) is 6.92 Å². The maximum Gasteiger partial charge on any atom is 0.221 e. The number of hydrogen-bond donors (Lipinski definition) is 2. The van der Waals surface area contributed by atoms with Gasteiger partial charge in [0.15, 0.2) is 0 Å². The standard InChI is InChI=1S/C13H22N2O2S/c1-5-17-13(3,4)9-14-8-12-11(6-7-18-12)15-10(2)16/h6-7,14H,5,8-9H2,1-4H3,(H,15,16). The third-order valence-corrected chi connectivity index (χ3v) is 3.35. The lowest BCUT2D eigenvalue weighted by Crippen LogP contribution is -2.37. The van der Waals surface area contributed by atoms with Gasteiger partial charge in [-0.15, -0.1) is 11.3 Å². The Morgan fingerprint density at radius 1 is 1.50 bits per heavy atom. The average Bonchev–Trinajstić information content (AvgIpc) is 2.64. The fraction of sp³-hybridized carbons (Fsp3) is 0.615. The largest absolute Gasteiger partial charge is 0.375 e. The van der Waals surface area contributed by atoms with Crippen LogP contribution < -0.4 is 10.6 Å². The van der Waals surface area contributed by atoms with Gasteiger partial charge >= 0.3 is 0 Å². The minimum Gasteiger partial charge on any atom is -0.375 e. The molecule has 0 bridgehead atoms. The molecule has 0 saturated heterocycles. The average molecular weight is 270 g/mol. The Kier molecular flexibility index (Phi) is 5.78. The van der Waals surface area contributed by atoms with Gasteiger partial charge in [-0.3, -0.25) is 4.79 Å². The van der Waals surface area contributed by atoms with Crippen molar-refractivity contribution in [3.05, 3.63) is 16.3 Å². The number of rotatable bonds is 7. The number of amides is 1. The summed E-state index contributed by atoms with van der Waals surface area (Å²) in [5, 5.41) is 8.17. The van der Waals surface area contributed by atoms with Gasteiger partial charge in [-0.1, -0.05) is 0 Å². The molecule has 18 heavy (non-hydrogen) atoms. The van der Waals surface area contributed by atoms with E-state index in [0.717, 1.165) is 23.7 Å². The van der Waals surface area contributed by atoms with Gasteiger partial charge in [-0.05, 0) is 32.2 Å². The number of anilines is 1. The van der Waals surface area contributed by atoms with Gasteiger partial charge in [0.25, 0.3) is 0 Å². The quantitative estimate of drug-likeness (QED) is 0.800. The van der Waals surface area contributed by atoms with Crippen molar-refractivity contribution >= 4 is 22.9 Å². The molecule has 5 heteroatoms. The van der Waals surface area contributed by atoms with Crippen molar-refractivity contribution in [3.63, 3.8) is 0 Å². The summed E-state index contributed by atoms with van der Waals surface area (Å²) in [6, 6.07) is 1.93. The minimum atomic E-state index is -0.166.